The number of ether oxygens (including phenoxy) is 1. The molecular formula is C19H28N2O2. The number of carbonyl (C=O) groups excluding carboxylic acids is 1. The van der Waals surface area contributed by atoms with Gasteiger partial charge in [-0.15, -0.1) is 0 Å². The normalized spacial score (nSPS) is 57.4. The lowest BCUT2D eigenvalue weighted by molar-refractivity contribution is -0.0135. The van der Waals surface area contributed by atoms with Crippen LogP contribution in [-0.2, 0) is 4.74 Å². The molecule has 7 rings (SSSR count). The van der Waals surface area contributed by atoms with Gasteiger partial charge in [-0.1, -0.05) is 0 Å². The molecule has 0 spiro atoms. The molecule has 6 bridgehead atoms. The van der Waals surface area contributed by atoms with Crippen molar-refractivity contribution in [1.82, 2.24) is 10.6 Å². The molecule has 4 heteroatoms. The fraction of sp³-hybridized carbons (Fsp3) is 0.947. The van der Waals surface area contributed by atoms with Crippen molar-refractivity contribution >= 4 is 6.03 Å². The summed E-state index contributed by atoms with van der Waals surface area (Å²) in [4.78, 5) is 12.5. The van der Waals surface area contributed by atoms with Crippen molar-refractivity contribution in [3.8, 4) is 0 Å². The van der Waals surface area contributed by atoms with E-state index in [-0.39, 0.29) is 11.6 Å². The zero-order chi connectivity index (χ0) is 15.2. The first-order valence-electron chi connectivity index (χ1n) is 9.89. The van der Waals surface area contributed by atoms with Crippen molar-refractivity contribution < 1.29 is 9.53 Å². The molecule has 23 heavy (non-hydrogen) atoms. The molecule has 126 valence electrons. The minimum absolute atomic E-state index is 0.1000. The molecule has 1 aliphatic heterocycles. The number of epoxide rings is 1. The molecule has 0 radical (unpaired) electrons. The zero-order valence-electron chi connectivity index (χ0n) is 13.8. The molecule has 1 saturated heterocycles. The van der Waals surface area contributed by atoms with Crippen LogP contribution in [0, 0.1) is 35.5 Å². The molecule has 6 aliphatic carbocycles. The lowest BCUT2D eigenvalue weighted by Crippen LogP contribution is -2.61. The molecule has 2 amide bonds. The van der Waals surface area contributed by atoms with Crippen LogP contribution in [-0.4, -0.2) is 30.3 Å². The smallest absolute Gasteiger partial charge is 0.315 e. The lowest BCUT2D eigenvalue weighted by Gasteiger charge is -2.56. The molecule has 6 saturated carbocycles. The fourth-order valence-electron chi connectivity index (χ4n) is 7.74. The topological polar surface area (TPSA) is 53.7 Å². The summed E-state index contributed by atoms with van der Waals surface area (Å²) < 4.78 is 5.74. The molecule has 0 aromatic heterocycles. The largest absolute Gasteiger partial charge is 0.369 e. The van der Waals surface area contributed by atoms with E-state index in [1.165, 1.54) is 51.4 Å². The van der Waals surface area contributed by atoms with E-state index < -0.39 is 0 Å². The second-order valence-corrected chi connectivity index (χ2v) is 9.75. The van der Waals surface area contributed by atoms with E-state index in [1.54, 1.807) is 0 Å². The average molecular weight is 316 g/mol. The van der Waals surface area contributed by atoms with Gasteiger partial charge in [0.25, 0.3) is 0 Å². The average Bonchev–Trinajstić information content (AvgIpc) is 3.09. The molecule has 5 atom stereocenters. The van der Waals surface area contributed by atoms with Crippen molar-refractivity contribution in [3.63, 3.8) is 0 Å². The van der Waals surface area contributed by atoms with Gasteiger partial charge < -0.3 is 15.4 Å². The van der Waals surface area contributed by atoms with Crippen LogP contribution in [0.1, 0.15) is 51.4 Å². The molecule has 0 aromatic carbocycles. The summed E-state index contributed by atoms with van der Waals surface area (Å²) in [5.74, 6) is 4.84. The maximum atomic E-state index is 12.5. The van der Waals surface area contributed by atoms with Gasteiger partial charge in [0.15, 0.2) is 0 Å². The maximum absolute atomic E-state index is 12.5. The van der Waals surface area contributed by atoms with E-state index in [9.17, 15) is 4.79 Å². The van der Waals surface area contributed by atoms with Gasteiger partial charge in [0.2, 0.25) is 0 Å². The molecule has 5 unspecified atom stereocenters. The van der Waals surface area contributed by atoms with E-state index in [0.717, 1.165) is 36.1 Å². The zero-order valence-corrected chi connectivity index (χ0v) is 13.8. The summed E-state index contributed by atoms with van der Waals surface area (Å²) in [6, 6.07) is 0.1000. The first-order chi connectivity index (χ1) is 11.2. The first-order valence-corrected chi connectivity index (χ1v) is 9.89. The third kappa shape index (κ3) is 2.03. The van der Waals surface area contributed by atoms with Crippen molar-refractivity contribution in [2.75, 3.05) is 6.54 Å². The van der Waals surface area contributed by atoms with Crippen molar-refractivity contribution in [2.24, 2.45) is 35.5 Å². The highest BCUT2D eigenvalue weighted by molar-refractivity contribution is 5.75. The maximum Gasteiger partial charge on any atom is 0.315 e. The van der Waals surface area contributed by atoms with Gasteiger partial charge in [0.05, 0.1) is 12.2 Å². The summed E-state index contributed by atoms with van der Waals surface area (Å²) >= 11 is 0. The lowest BCUT2D eigenvalue weighted by atomic mass is 9.53. The van der Waals surface area contributed by atoms with Gasteiger partial charge in [-0.3, -0.25) is 0 Å². The predicted octanol–water partition coefficient (Wildman–Crippen LogP) is 2.68. The predicted molar refractivity (Wildman–Crippen MR) is 85.8 cm³/mol. The van der Waals surface area contributed by atoms with Gasteiger partial charge in [0.1, 0.15) is 0 Å². The summed E-state index contributed by atoms with van der Waals surface area (Å²) in [7, 11) is 0. The van der Waals surface area contributed by atoms with Gasteiger partial charge in [-0.05, 0) is 86.9 Å². The third-order valence-corrected chi connectivity index (χ3v) is 8.18. The van der Waals surface area contributed by atoms with Crippen LogP contribution in [0.15, 0.2) is 0 Å². The molecule has 7 fully saturated rings. The Bertz CT molecular complexity index is 512. The SMILES string of the molecule is O=C(NCC1CC2CC1C1OC21)NC12CC3CC(CC(C3)C1)C2. The van der Waals surface area contributed by atoms with Crippen LogP contribution in [0.25, 0.3) is 0 Å². The Kier molecular flexibility index (Phi) is 2.61. The van der Waals surface area contributed by atoms with Crippen molar-refractivity contribution in [3.05, 3.63) is 0 Å². The van der Waals surface area contributed by atoms with Crippen LogP contribution < -0.4 is 10.6 Å². The van der Waals surface area contributed by atoms with E-state index in [2.05, 4.69) is 10.6 Å². The number of fused-ring (bicyclic) bond motifs is 5. The number of hydrogen-bond donors (Lipinski definition) is 2. The number of nitrogens with one attached hydrogen (secondary N) is 2. The third-order valence-electron chi connectivity index (χ3n) is 8.18. The Morgan fingerprint density at radius 3 is 2.26 bits per heavy atom. The molecule has 0 aromatic rings. The first kappa shape index (κ1) is 13.5. The van der Waals surface area contributed by atoms with Gasteiger partial charge in [0, 0.05) is 12.1 Å². The standard InChI is InChI=1S/C19H28N2O2/c22-18(20-9-14-4-13-5-15(14)17-16(13)23-17)21-19-6-10-1-11(7-19)3-12(2-10)8-19/h10-17H,1-9H2,(H2,20,21,22). The summed E-state index contributed by atoms with van der Waals surface area (Å²) in [6.45, 7) is 0.853. The van der Waals surface area contributed by atoms with Crippen LogP contribution in [0.2, 0.25) is 0 Å². The monoisotopic (exact) mass is 316 g/mol. The Balaban J connectivity index is 1.07. The highest BCUT2D eigenvalue weighted by Crippen LogP contribution is 2.58. The van der Waals surface area contributed by atoms with Gasteiger partial charge >= 0.3 is 6.03 Å². The minimum atomic E-state index is 0.1000. The summed E-state index contributed by atoms with van der Waals surface area (Å²) in [6.07, 6.45) is 11.7. The van der Waals surface area contributed by atoms with E-state index in [0.29, 0.717) is 18.1 Å². The molecular weight excluding hydrogens is 288 g/mol. The number of urea groups is 1. The van der Waals surface area contributed by atoms with Crippen LogP contribution in [0.3, 0.4) is 0 Å². The van der Waals surface area contributed by atoms with Crippen LogP contribution in [0.5, 0.6) is 0 Å². The summed E-state index contributed by atoms with van der Waals surface area (Å²) in [5, 5.41) is 6.65. The number of rotatable bonds is 3. The van der Waals surface area contributed by atoms with Crippen LogP contribution >= 0.6 is 0 Å². The van der Waals surface area contributed by atoms with E-state index in [4.69, 9.17) is 4.74 Å². The number of amides is 2. The number of carbonyl (C=O) groups is 1. The van der Waals surface area contributed by atoms with E-state index >= 15 is 0 Å². The summed E-state index contributed by atoms with van der Waals surface area (Å²) in [5.41, 5.74) is 0.137. The second kappa shape index (κ2) is 4.44. The second-order valence-electron chi connectivity index (χ2n) is 9.75. The van der Waals surface area contributed by atoms with Crippen molar-refractivity contribution in [2.45, 2.75) is 69.1 Å². The minimum Gasteiger partial charge on any atom is -0.369 e. The number of hydrogen-bond acceptors (Lipinski definition) is 2. The highest BCUT2D eigenvalue weighted by atomic mass is 16.6. The Labute approximate surface area is 138 Å². The molecule has 7 aliphatic rings. The van der Waals surface area contributed by atoms with Crippen LogP contribution in [0.4, 0.5) is 4.79 Å². The van der Waals surface area contributed by atoms with Gasteiger partial charge in [-0.25, -0.2) is 4.79 Å². The van der Waals surface area contributed by atoms with E-state index in [1.807, 2.05) is 0 Å². The van der Waals surface area contributed by atoms with Crippen molar-refractivity contribution in [1.29, 1.82) is 0 Å². The Hall–Kier alpha value is -0.770. The molecule has 2 N–H and O–H groups in total. The molecule has 1 heterocycles. The fourth-order valence-corrected chi connectivity index (χ4v) is 7.74. The highest BCUT2D eigenvalue weighted by Gasteiger charge is 2.63. The molecule has 4 nitrogen and oxygen atoms in total. The van der Waals surface area contributed by atoms with Gasteiger partial charge in [-0.2, -0.15) is 0 Å². The Morgan fingerprint density at radius 1 is 0.957 bits per heavy atom. The quantitative estimate of drug-likeness (QED) is 0.787. The Morgan fingerprint density at radius 2 is 1.65 bits per heavy atom.